The van der Waals surface area contributed by atoms with Gasteiger partial charge in [0.05, 0.1) is 0 Å². The molecule has 0 fully saturated rings. The van der Waals surface area contributed by atoms with Gasteiger partial charge in [-0.15, -0.1) is 0 Å². The molecule has 0 heterocycles. The summed E-state index contributed by atoms with van der Waals surface area (Å²) in [5, 5.41) is 2.51. The van der Waals surface area contributed by atoms with Crippen molar-refractivity contribution in [2.75, 3.05) is 7.05 Å². The van der Waals surface area contributed by atoms with Gasteiger partial charge in [-0.25, -0.2) is 0 Å². The number of nitrogens with one attached hydrogen (secondary N) is 1. The Hall–Kier alpha value is -1.05. The van der Waals surface area contributed by atoms with E-state index in [0.717, 1.165) is 6.42 Å². The molecule has 1 amide bonds. The topological polar surface area (TPSA) is 29.1 Å². The van der Waals surface area contributed by atoms with Crippen molar-refractivity contribution >= 4 is 5.91 Å². The maximum absolute atomic E-state index is 10.9. The van der Waals surface area contributed by atoms with Crippen molar-refractivity contribution in [1.82, 2.24) is 5.32 Å². The molecule has 0 spiro atoms. The number of allylic oxidation sites excluding steroid dienone is 1. The monoisotopic (exact) mass is 153 g/mol. The van der Waals surface area contributed by atoms with Crippen LogP contribution in [0.5, 0.6) is 0 Å². The highest BCUT2D eigenvalue weighted by Gasteiger charge is 1.99. The molecule has 0 aromatic heterocycles. The van der Waals surface area contributed by atoms with Crippen molar-refractivity contribution in [3.63, 3.8) is 0 Å². The summed E-state index contributed by atoms with van der Waals surface area (Å²) in [4.78, 5) is 10.9. The maximum Gasteiger partial charge on any atom is 0.250 e. The van der Waals surface area contributed by atoms with Gasteiger partial charge >= 0.3 is 0 Å². The highest BCUT2D eigenvalue weighted by Crippen LogP contribution is 2.03. The van der Waals surface area contributed by atoms with E-state index in [2.05, 4.69) is 11.9 Å². The first-order valence-corrected chi connectivity index (χ1v) is 3.70. The first kappa shape index (κ1) is 9.95. The summed E-state index contributed by atoms with van der Waals surface area (Å²) in [6.45, 7) is 7.65. The minimum absolute atomic E-state index is 0.113. The zero-order valence-electron chi connectivity index (χ0n) is 7.40. The lowest BCUT2D eigenvalue weighted by molar-refractivity contribution is -0.116. The van der Waals surface area contributed by atoms with Gasteiger partial charge in [0.25, 0.3) is 0 Å². The van der Waals surface area contributed by atoms with Crippen molar-refractivity contribution in [3.8, 4) is 0 Å². The molecule has 0 saturated carbocycles. The lowest BCUT2D eigenvalue weighted by Crippen LogP contribution is -2.18. The fraction of sp³-hybridized carbons (Fsp3) is 0.444. The molecule has 2 nitrogen and oxygen atoms in total. The number of likely N-dealkylation sites (N-methyl/N-ethyl adjacent to an activating group) is 1. The van der Waals surface area contributed by atoms with Gasteiger partial charge in [0.2, 0.25) is 5.91 Å². The van der Waals surface area contributed by atoms with E-state index in [1.807, 2.05) is 13.8 Å². The van der Waals surface area contributed by atoms with Gasteiger partial charge in [-0.05, 0) is 13.3 Å². The molecule has 0 aromatic rings. The van der Waals surface area contributed by atoms with E-state index in [0.29, 0.717) is 5.57 Å². The first-order valence-electron chi connectivity index (χ1n) is 3.70. The molecule has 0 unspecified atom stereocenters. The standard InChI is InChI=1S/C9H15NO/c1-5-7(2)6-8(3)9(11)10-4/h6H,3,5H2,1-2,4H3,(H,10,11)/b7-6+. The van der Waals surface area contributed by atoms with Crippen molar-refractivity contribution in [1.29, 1.82) is 0 Å². The van der Waals surface area contributed by atoms with Crippen LogP contribution >= 0.6 is 0 Å². The van der Waals surface area contributed by atoms with Crippen LogP contribution in [0.25, 0.3) is 0 Å². The summed E-state index contributed by atoms with van der Waals surface area (Å²) >= 11 is 0. The third kappa shape index (κ3) is 3.61. The second kappa shape index (κ2) is 4.72. The van der Waals surface area contributed by atoms with Gasteiger partial charge in [0.15, 0.2) is 0 Å². The molecule has 0 rings (SSSR count). The summed E-state index contributed by atoms with van der Waals surface area (Å²) in [5.41, 5.74) is 1.69. The van der Waals surface area contributed by atoms with E-state index in [1.54, 1.807) is 13.1 Å². The lowest BCUT2D eigenvalue weighted by Gasteiger charge is -1.99. The van der Waals surface area contributed by atoms with Crippen LogP contribution in [0.1, 0.15) is 20.3 Å². The molecule has 0 aromatic carbocycles. The lowest BCUT2D eigenvalue weighted by atomic mass is 10.1. The van der Waals surface area contributed by atoms with Gasteiger partial charge in [0, 0.05) is 12.6 Å². The average molecular weight is 153 g/mol. The predicted octanol–water partition coefficient (Wildman–Crippen LogP) is 1.64. The number of carbonyl (C=O) groups is 1. The Kier molecular flexibility index (Phi) is 4.27. The predicted molar refractivity (Wildman–Crippen MR) is 47.3 cm³/mol. The van der Waals surface area contributed by atoms with E-state index < -0.39 is 0 Å². The third-order valence-corrected chi connectivity index (χ3v) is 1.50. The van der Waals surface area contributed by atoms with Gasteiger partial charge in [-0.2, -0.15) is 0 Å². The Bertz CT molecular complexity index is 192. The van der Waals surface area contributed by atoms with Crippen molar-refractivity contribution in [2.45, 2.75) is 20.3 Å². The molecule has 11 heavy (non-hydrogen) atoms. The minimum atomic E-state index is -0.113. The first-order chi connectivity index (χ1) is 5.11. The van der Waals surface area contributed by atoms with Crippen LogP contribution in [0.2, 0.25) is 0 Å². The van der Waals surface area contributed by atoms with Crippen molar-refractivity contribution < 1.29 is 4.79 Å². The fourth-order valence-electron chi connectivity index (χ4n) is 0.626. The number of carbonyl (C=O) groups excluding carboxylic acids is 1. The van der Waals surface area contributed by atoms with E-state index >= 15 is 0 Å². The molecular formula is C9H15NO. The van der Waals surface area contributed by atoms with Crippen LogP contribution in [0.15, 0.2) is 23.8 Å². The van der Waals surface area contributed by atoms with Crippen LogP contribution in [0.4, 0.5) is 0 Å². The Labute approximate surface area is 68.0 Å². The minimum Gasteiger partial charge on any atom is -0.355 e. The summed E-state index contributed by atoms with van der Waals surface area (Å²) in [6.07, 6.45) is 2.76. The maximum atomic E-state index is 10.9. The van der Waals surface area contributed by atoms with Crippen LogP contribution in [0.3, 0.4) is 0 Å². The van der Waals surface area contributed by atoms with E-state index in [-0.39, 0.29) is 5.91 Å². The van der Waals surface area contributed by atoms with E-state index in [9.17, 15) is 4.79 Å². The molecule has 0 radical (unpaired) electrons. The molecule has 0 aliphatic carbocycles. The number of rotatable bonds is 3. The summed E-state index contributed by atoms with van der Waals surface area (Å²) in [7, 11) is 1.60. The Morgan fingerprint density at radius 1 is 1.64 bits per heavy atom. The molecule has 0 saturated heterocycles. The zero-order chi connectivity index (χ0) is 8.85. The zero-order valence-corrected chi connectivity index (χ0v) is 7.40. The van der Waals surface area contributed by atoms with Crippen molar-refractivity contribution in [3.05, 3.63) is 23.8 Å². The van der Waals surface area contributed by atoms with E-state index in [4.69, 9.17) is 0 Å². The summed E-state index contributed by atoms with van der Waals surface area (Å²) < 4.78 is 0. The largest absolute Gasteiger partial charge is 0.355 e. The normalized spacial score (nSPS) is 11.0. The van der Waals surface area contributed by atoms with Crippen molar-refractivity contribution in [2.24, 2.45) is 0 Å². The summed E-state index contributed by atoms with van der Waals surface area (Å²) in [6, 6.07) is 0. The Balaban J connectivity index is 4.17. The fourth-order valence-corrected chi connectivity index (χ4v) is 0.626. The molecule has 1 N–H and O–H groups in total. The molecular weight excluding hydrogens is 138 g/mol. The van der Waals surface area contributed by atoms with Crippen LogP contribution in [-0.2, 0) is 4.79 Å². The average Bonchev–Trinajstić information content (AvgIpc) is 2.02. The highest BCUT2D eigenvalue weighted by atomic mass is 16.1. The SMILES string of the molecule is C=C(/C=C(\C)CC)C(=O)NC. The number of amides is 1. The van der Waals surface area contributed by atoms with Crippen LogP contribution in [0, 0.1) is 0 Å². The van der Waals surface area contributed by atoms with Gasteiger partial charge < -0.3 is 5.32 Å². The smallest absolute Gasteiger partial charge is 0.250 e. The van der Waals surface area contributed by atoms with Crippen LogP contribution < -0.4 is 5.32 Å². The van der Waals surface area contributed by atoms with Gasteiger partial charge in [-0.3, -0.25) is 4.79 Å². The van der Waals surface area contributed by atoms with E-state index in [1.165, 1.54) is 5.57 Å². The second-order valence-electron chi connectivity index (χ2n) is 2.45. The second-order valence-corrected chi connectivity index (χ2v) is 2.45. The molecule has 62 valence electrons. The summed E-state index contributed by atoms with van der Waals surface area (Å²) in [5.74, 6) is -0.113. The highest BCUT2D eigenvalue weighted by molar-refractivity contribution is 5.95. The molecule has 0 aliphatic heterocycles. The number of hydrogen-bond donors (Lipinski definition) is 1. The molecule has 0 atom stereocenters. The van der Waals surface area contributed by atoms with Crippen LogP contribution in [-0.4, -0.2) is 13.0 Å². The third-order valence-electron chi connectivity index (χ3n) is 1.50. The quantitative estimate of drug-likeness (QED) is 0.484. The Morgan fingerprint density at radius 3 is 2.55 bits per heavy atom. The van der Waals surface area contributed by atoms with Gasteiger partial charge in [-0.1, -0.05) is 25.2 Å². The number of hydrogen-bond acceptors (Lipinski definition) is 1. The molecule has 0 aliphatic rings. The molecule has 0 bridgehead atoms. The Morgan fingerprint density at radius 2 is 2.18 bits per heavy atom. The molecule has 2 heteroatoms. The van der Waals surface area contributed by atoms with Gasteiger partial charge in [0.1, 0.15) is 0 Å².